The van der Waals surface area contributed by atoms with Gasteiger partial charge in [0.2, 0.25) is 5.16 Å². The lowest BCUT2D eigenvalue weighted by Gasteiger charge is -2.19. The zero-order valence-corrected chi connectivity index (χ0v) is 13.3. The van der Waals surface area contributed by atoms with Crippen molar-refractivity contribution in [1.82, 2.24) is 14.5 Å². The number of benzene rings is 1. The maximum atomic E-state index is 12.7. The maximum Gasteiger partial charge on any atom is 0.298 e. The summed E-state index contributed by atoms with van der Waals surface area (Å²) in [5.74, 6) is -0.609. The molecular weight excluding hydrogens is 318 g/mol. The summed E-state index contributed by atoms with van der Waals surface area (Å²) < 4.78 is 28.0. The number of aromatic nitrogens is 3. The average molecular weight is 333 g/mol. The fourth-order valence-corrected chi connectivity index (χ4v) is 3.66. The predicted molar refractivity (Wildman–Crippen MR) is 85.6 cm³/mol. The van der Waals surface area contributed by atoms with Gasteiger partial charge in [-0.25, -0.2) is 4.98 Å². The number of aromatic amines is 1. The monoisotopic (exact) mass is 333 g/mol. The van der Waals surface area contributed by atoms with Crippen molar-refractivity contribution in [3.63, 3.8) is 0 Å². The van der Waals surface area contributed by atoms with Crippen molar-refractivity contribution in [1.29, 1.82) is 0 Å². The van der Waals surface area contributed by atoms with Crippen LogP contribution in [0.25, 0.3) is 10.9 Å². The zero-order chi connectivity index (χ0) is 16.8. The summed E-state index contributed by atoms with van der Waals surface area (Å²) in [4.78, 5) is 18.1. The van der Waals surface area contributed by atoms with E-state index >= 15 is 0 Å². The highest BCUT2D eigenvalue weighted by Crippen LogP contribution is 2.29. The minimum atomic E-state index is -3.83. The van der Waals surface area contributed by atoms with Gasteiger partial charge in [-0.15, -0.1) is 0 Å². The van der Waals surface area contributed by atoms with Crippen LogP contribution in [-0.2, 0) is 17.1 Å². The van der Waals surface area contributed by atoms with Gasteiger partial charge in [-0.2, -0.15) is 8.42 Å². The number of nitrogens with one attached hydrogen (secondary N) is 1. The number of nitrogens with zero attached hydrogens (tertiary/aromatic N) is 3. The van der Waals surface area contributed by atoms with Crippen LogP contribution in [-0.4, -0.2) is 35.9 Å². The van der Waals surface area contributed by atoms with Gasteiger partial charge in [0.05, 0.1) is 11.2 Å². The number of hydrogen-bond acceptors (Lipinski definition) is 4. The number of fused-ring (bicyclic) bond motifs is 1. The van der Waals surface area contributed by atoms with Crippen molar-refractivity contribution < 1.29 is 13.2 Å². The van der Waals surface area contributed by atoms with E-state index in [4.69, 9.17) is 5.73 Å². The molecule has 0 aliphatic rings. The summed E-state index contributed by atoms with van der Waals surface area (Å²) in [7, 11) is -0.793. The number of carbonyl (C=O) groups excluding carboxylic acids is 1. The number of H-pyrrole nitrogens is 1. The Kier molecular flexibility index (Phi) is 3.37. The highest BCUT2D eigenvalue weighted by Gasteiger charge is 2.27. The number of imidazole rings is 1. The van der Waals surface area contributed by atoms with Crippen LogP contribution in [0.5, 0.6) is 0 Å². The highest BCUT2D eigenvalue weighted by atomic mass is 32.2. The number of para-hydroxylation sites is 1. The molecule has 1 amide bonds. The fourth-order valence-electron chi connectivity index (χ4n) is 2.39. The molecule has 0 bridgehead atoms. The molecule has 0 saturated heterocycles. The second-order valence-corrected chi connectivity index (χ2v) is 6.94. The summed E-state index contributed by atoms with van der Waals surface area (Å²) >= 11 is 0. The van der Waals surface area contributed by atoms with Gasteiger partial charge >= 0.3 is 0 Å². The minimum absolute atomic E-state index is 0.0707. The minimum Gasteiger partial charge on any atom is -0.364 e. The van der Waals surface area contributed by atoms with Crippen LogP contribution in [0.3, 0.4) is 0 Å². The number of sulfonamides is 1. The molecule has 3 N–H and O–H groups in total. The second kappa shape index (κ2) is 5.13. The van der Waals surface area contributed by atoms with Crippen molar-refractivity contribution in [3.8, 4) is 0 Å². The molecule has 3 rings (SSSR count). The third-order valence-electron chi connectivity index (χ3n) is 3.61. The number of rotatable bonds is 4. The van der Waals surface area contributed by atoms with Crippen LogP contribution < -0.4 is 10.0 Å². The molecule has 0 saturated carbocycles. The van der Waals surface area contributed by atoms with Gasteiger partial charge in [-0.3, -0.25) is 9.10 Å². The van der Waals surface area contributed by atoms with Gasteiger partial charge < -0.3 is 15.3 Å². The molecule has 2 heterocycles. The summed E-state index contributed by atoms with van der Waals surface area (Å²) in [6, 6.07) is 6.70. The zero-order valence-electron chi connectivity index (χ0n) is 12.5. The number of primary amides is 1. The lowest BCUT2D eigenvalue weighted by molar-refractivity contribution is 0.0996. The highest BCUT2D eigenvalue weighted by molar-refractivity contribution is 7.92. The standard InChI is InChI=1S/C14H15N5O3S/c1-18-7-6-16-14(18)23(21,22)19(2)11-5-3-4-9-8-10(13(15)20)17-12(9)11/h3-8,17H,1-2H3,(H2,15,20). The van der Waals surface area contributed by atoms with E-state index in [2.05, 4.69) is 9.97 Å². The molecule has 9 heteroatoms. The molecule has 0 fully saturated rings. The largest absolute Gasteiger partial charge is 0.364 e. The number of carbonyl (C=O) groups is 1. The molecule has 3 aromatic rings. The smallest absolute Gasteiger partial charge is 0.298 e. The quantitative estimate of drug-likeness (QED) is 0.736. The Hall–Kier alpha value is -2.81. The second-order valence-electron chi connectivity index (χ2n) is 5.08. The van der Waals surface area contributed by atoms with Gasteiger partial charge in [-0.05, 0) is 12.1 Å². The summed E-state index contributed by atoms with van der Waals surface area (Å²) in [5, 5.41) is 0.622. The molecular formula is C14H15N5O3S. The van der Waals surface area contributed by atoms with Crippen molar-refractivity contribution in [3.05, 3.63) is 42.4 Å². The molecule has 0 spiro atoms. The molecule has 0 aliphatic heterocycles. The molecule has 0 aliphatic carbocycles. The van der Waals surface area contributed by atoms with Crippen LogP contribution in [0.15, 0.2) is 41.8 Å². The van der Waals surface area contributed by atoms with Crippen LogP contribution in [0, 0.1) is 0 Å². The van der Waals surface area contributed by atoms with E-state index in [-0.39, 0.29) is 10.9 Å². The van der Waals surface area contributed by atoms with Gasteiger partial charge in [0.25, 0.3) is 15.9 Å². The first-order valence-corrected chi connectivity index (χ1v) is 8.14. The Morgan fingerprint density at radius 3 is 2.74 bits per heavy atom. The Balaban J connectivity index is 2.16. The van der Waals surface area contributed by atoms with Crippen molar-refractivity contribution >= 4 is 32.5 Å². The van der Waals surface area contributed by atoms with Crippen LogP contribution in [0.4, 0.5) is 5.69 Å². The van der Waals surface area contributed by atoms with Crippen molar-refractivity contribution in [2.45, 2.75) is 5.16 Å². The molecule has 23 heavy (non-hydrogen) atoms. The lowest BCUT2D eigenvalue weighted by atomic mass is 10.2. The average Bonchev–Trinajstić information content (AvgIpc) is 3.11. The Labute approximate surface area is 132 Å². The fraction of sp³-hybridized carbons (Fsp3) is 0.143. The number of aryl methyl sites for hydroxylation is 1. The molecule has 8 nitrogen and oxygen atoms in total. The third-order valence-corrected chi connectivity index (χ3v) is 5.38. The molecule has 0 unspecified atom stereocenters. The molecule has 1 aromatic carbocycles. The third kappa shape index (κ3) is 2.34. The van der Waals surface area contributed by atoms with E-state index in [0.29, 0.717) is 16.6 Å². The van der Waals surface area contributed by atoms with E-state index < -0.39 is 15.9 Å². The summed E-state index contributed by atoms with van der Waals surface area (Å²) in [5.41, 5.74) is 6.41. The SMILES string of the molecule is CN(c1cccc2cc(C(N)=O)[nH]c12)S(=O)(=O)c1nccn1C. The van der Waals surface area contributed by atoms with E-state index in [0.717, 1.165) is 4.31 Å². The topological polar surface area (TPSA) is 114 Å². The molecule has 0 radical (unpaired) electrons. The number of anilines is 1. The predicted octanol–water partition coefficient (Wildman–Crippen LogP) is 0.825. The number of amides is 1. The Morgan fingerprint density at radius 2 is 2.13 bits per heavy atom. The van der Waals surface area contributed by atoms with Crippen molar-refractivity contribution in [2.24, 2.45) is 12.8 Å². The first-order valence-electron chi connectivity index (χ1n) is 6.70. The van der Waals surface area contributed by atoms with E-state index in [1.54, 1.807) is 37.5 Å². The molecule has 2 aromatic heterocycles. The van der Waals surface area contributed by atoms with E-state index in [1.165, 1.54) is 17.8 Å². The molecule has 0 atom stereocenters. The van der Waals surface area contributed by atoms with Gasteiger partial charge in [0.1, 0.15) is 5.69 Å². The van der Waals surface area contributed by atoms with Gasteiger partial charge in [0, 0.05) is 31.9 Å². The van der Waals surface area contributed by atoms with Crippen LogP contribution in [0.2, 0.25) is 0 Å². The van der Waals surface area contributed by atoms with Crippen LogP contribution >= 0.6 is 0 Å². The van der Waals surface area contributed by atoms with Gasteiger partial charge in [0.15, 0.2) is 0 Å². The van der Waals surface area contributed by atoms with Crippen molar-refractivity contribution in [2.75, 3.05) is 11.4 Å². The Bertz CT molecular complexity index is 1000. The number of nitrogens with two attached hydrogens (primary N) is 1. The normalized spacial score (nSPS) is 11.7. The van der Waals surface area contributed by atoms with Crippen LogP contribution in [0.1, 0.15) is 10.5 Å². The number of hydrogen-bond donors (Lipinski definition) is 2. The van der Waals surface area contributed by atoms with E-state index in [9.17, 15) is 13.2 Å². The lowest BCUT2D eigenvalue weighted by Crippen LogP contribution is -2.29. The Morgan fingerprint density at radius 1 is 1.39 bits per heavy atom. The maximum absolute atomic E-state index is 12.7. The van der Waals surface area contributed by atoms with Gasteiger partial charge in [-0.1, -0.05) is 12.1 Å². The van der Waals surface area contributed by atoms with E-state index in [1.807, 2.05) is 0 Å². The molecule has 120 valence electrons. The summed E-state index contributed by atoms with van der Waals surface area (Å²) in [6.45, 7) is 0. The summed E-state index contributed by atoms with van der Waals surface area (Å²) in [6.07, 6.45) is 2.97. The first-order chi connectivity index (χ1) is 10.8. The first kappa shape index (κ1) is 15.1.